The van der Waals surface area contributed by atoms with Crippen LogP contribution in [-0.2, 0) is 9.53 Å². The molecule has 1 fully saturated rings. The van der Waals surface area contributed by atoms with Gasteiger partial charge >= 0.3 is 5.97 Å². The van der Waals surface area contributed by atoms with Crippen LogP contribution in [0.1, 0.15) is 33.1 Å². The topological polar surface area (TPSA) is 55.6 Å². The molecule has 1 saturated heterocycles. The molecule has 0 amide bonds. The van der Waals surface area contributed by atoms with E-state index in [4.69, 9.17) is 10.5 Å². The van der Waals surface area contributed by atoms with E-state index in [0.717, 1.165) is 19.6 Å². The minimum atomic E-state index is -0.835. The molecule has 0 radical (unpaired) electrons. The van der Waals surface area contributed by atoms with Gasteiger partial charge in [-0.25, -0.2) is 0 Å². The average molecular weight is 214 g/mol. The van der Waals surface area contributed by atoms with E-state index in [-0.39, 0.29) is 5.97 Å². The van der Waals surface area contributed by atoms with Crippen molar-refractivity contribution in [1.29, 1.82) is 0 Å². The van der Waals surface area contributed by atoms with Gasteiger partial charge < -0.3 is 15.4 Å². The van der Waals surface area contributed by atoms with Gasteiger partial charge in [-0.2, -0.15) is 0 Å². The second-order valence-corrected chi connectivity index (χ2v) is 4.44. The average Bonchev–Trinajstić information content (AvgIpc) is 2.68. The highest BCUT2D eigenvalue weighted by Crippen LogP contribution is 2.13. The van der Waals surface area contributed by atoms with Crippen molar-refractivity contribution in [2.24, 2.45) is 5.73 Å². The Labute approximate surface area is 91.8 Å². The Kier molecular flexibility index (Phi) is 4.54. The van der Waals surface area contributed by atoms with Crippen molar-refractivity contribution in [3.63, 3.8) is 0 Å². The zero-order valence-corrected chi connectivity index (χ0v) is 9.79. The Bertz CT molecular complexity index is 211. The van der Waals surface area contributed by atoms with E-state index in [1.54, 1.807) is 13.8 Å². The van der Waals surface area contributed by atoms with Crippen LogP contribution in [0.2, 0.25) is 0 Å². The van der Waals surface area contributed by atoms with Gasteiger partial charge in [0.05, 0.1) is 6.61 Å². The van der Waals surface area contributed by atoms with Crippen molar-refractivity contribution in [2.45, 2.75) is 38.6 Å². The number of carbonyl (C=O) groups excluding carboxylic acids is 1. The minimum absolute atomic E-state index is 0.288. The Hall–Kier alpha value is -0.610. The van der Waals surface area contributed by atoms with Crippen molar-refractivity contribution < 1.29 is 9.53 Å². The SMILES string of the molecule is CCOC(=O)C(C)(N)CCN1CCCC1. The number of rotatable bonds is 5. The van der Waals surface area contributed by atoms with Gasteiger partial charge in [0.1, 0.15) is 5.54 Å². The summed E-state index contributed by atoms with van der Waals surface area (Å²) in [6.07, 6.45) is 3.20. The molecule has 0 bridgehead atoms. The molecular weight excluding hydrogens is 192 g/mol. The van der Waals surface area contributed by atoms with Crippen molar-refractivity contribution in [3.05, 3.63) is 0 Å². The van der Waals surface area contributed by atoms with Gasteiger partial charge in [-0.1, -0.05) is 0 Å². The predicted octanol–water partition coefficient (Wildman–Crippen LogP) is 0.753. The van der Waals surface area contributed by atoms with Gasteiger partial charge in [-0.15, -0.1) is 0 Å². The van der Waals surface area contributed by atoms with E-state index in [1.165, 1.54) is 12.8 Å². The van der Waals surface area contributed by atoms with E-state index >= 15 is 0 Å². The first-order valence-electron chi connectivity index (χ1n) is 5.74. The third-order valence-electron chi connectivity index (χ3n) is 2.89. The molecule has 88 valence electrons. The number of carbonyl (C=O) groups is 1. The van der Waals surface area contributed by atoms with Crippen LogP contribution in [0.4, 0.5) is 0 Å². The van der Waals surface area contributed by atoms with Crippen LogP contribution in [-0.4, -0.2) is 42.6 Å². The highest BCUT2D eigenvalue weighted by molar-refractivity contribution is 5.79. The standard InChI is InChI=1S/C11H22N2O2/c1-3-15-10(14)11(2,12)6-9-13-7-4-5-8-13/h3-9,12H2,1-2H3. The predicted molar refractivity (Wildman–Crippen MR) is 59.5 cm³/mol. The lowest BCUT2D eigenvalue weighted by Crippen LogP contribution is -2.48. The van der Waals surface area contributed by atoms with Crippen LogP contribution in [0.5, 0.6) is 0 Å². The van der Waals surface area contributed by atoms with E-state index in [9.17, 15) is 4.79 Å². The van der Waals surface area contributed by atoms with Crippen LogP contribution in [0.25, 0.3) is 0 Å². The summed E-state index contributed by atoms with van der Waals surface area (Å²) in [5, 5.41) is 0. The van der Waals surface area contributed by atoms with Crippen LogP contribution in [0.15, 0.2) is 0 Å². The molecule has 1 aliphatic rings. The van der Waals surface area contributed by atoms with Crippen LogP contribution in [0, 0.1) is 0 Å². The van der Waals surface area contributed by atoms with E-state index in [2.05, 4.69) is 4.90 Å². The van der Waals surface area contributed by atoms with Crippen molar-refractivity contribution in [3.8, 4) is 0 Å². The molecule has 0 aromatic rings. The monoisotopic (exact) mass is 214 g/mol. The summed E-state index contributed by atoms with van der Waals surface area (Å²) in [7, 11) is 0. The summed E-state index contributed by atoms with van der Waals surface area (Å²) < 4.78 is 4.94. The summed E-state index contributed by atoms with van der Waals surface area (Å²) >= 11 is 0. The summed E-state index contributed by atoms with van der Waals surface area (Å²) in [5.74, 6) is -0.288. The van der Waals surface area contributed by atoms with Gasteiger partial charge in [0.15, 0.2) is 0 Å². The molecule has 1 aliphatic heterocycles. The fourth-order valence-corrected chi connectivity index (χ4v) is 1.79. The van der Waals surface area contributed by atoms with E-state index in [0.29, 0.717) is 13.0 Å². The maximum atomic E-state index is 11.5. The highest BCUT2D eigenvalue weighted by Gasteiger charge is 2.30. The summed E-state index contributed by atoms with van der Waals surface area (Å²) in [4.78, 5) is 13.9. The Morgan fingerprint density at radius 2 is 2.07 bits per heavy atom. The maximum Gasteiger partial charge on any atom is 0.325 e. The molecular formula is C11H22N2O2. The lowest BCUT2D eigenvalue weighted by molar-refractivity contribution is -0.149. The quantitative estimate of drug-likeness (QED) is 0.686. The Morgan fingerprint density at radius 1 is 1.47 bits per heavy atom. The number of likely N-dealkylation sites (tertiary alicyclic amines) is 1. The zero-order valence-electron chi connectivity index (χ0n) is 9.79. The number of esters is 1. The summed E-state index contributed by atoms with van der Waals surface area (Å²) in [5.41, 5.74) is 5.09. The van der Waals surface area contributed by atoms with Gasteiger partial charge in [-0.3, -0.25) is 4.79 Å². The molecule has 1 unspecified atom stereocenters. The molecule has 2 N–H and O–H groups in total. The minimum Gasteiger partial charge on any atom is -0.465 e. The summed E-state index contributed by atoms with van der Waals surface area (Å²) in [6.45, 7) is 7.12. The molecule has 1 atom stereocenters. The molecule has 0 aromatic heterocycles. The first kappa shape index (κ1) is 12.5. The number of hydrogen-bond donors (Lipinski definition) is 1. The summed E-state index contributed by atoms with van der Waals surface area (Å²) in [6, 6.07) is 0. The van der Waals surface area contributed by atoms with Gasteiger partial charge in [0.2, 0.25) is 0 Å². The van der Waals surface area contributed by atoms with Crippen molar-refractivity contribution in [1.82, 2.24) is 4.90 Å². The normalized spacial score (nSPS) is 21.3. The molecule has 0 aromatic carbocycles. The third kappa shape index (κ3) is 3.80. The number of nitrogens with two attached hydrogens (primary N) is 1. The Morgan fingerprint density at radius 3 is 2.60 bits per heavy atom. The van der Waals surface area contributed by atoms with E-state index in [1.807, 2.05) is 0 Å². The van der Waals surface area contributed by atoms with Crippen molar-refractivity contribution in [2.75, 3.05) is 26.2 Å². The van der Waals surface area contributed by atoms with Gasteiger partial charge in [0.25, 0.3) is 0 Å². The smallest absolute Gasteiger partial charge is 0.325 e. The van der Waals surface area contributed by atoms with Gasteiger partial charge in [0, 0.05) is 6.54 Å². The lowest BCUT2D eigenvalue weighted by atomic mass is 9.99. The second-order valence-electron chi connectivity index (χ2n) is 4.44. The van der Waals surface area contributed by atoms with Crippen LogP contribution >= 0.6 is 0 Å². The number of ether oxygens (including phenoxy) is 1. The molecule has 1 rings (SSSR count). The number of hydrogen-bond acceptors (Lipinski definition) is 4. The van der Waals surface area contributed by atoms with Crippen LogP contribution in [0.3, 0.4) is 0 Å². The molecule has 1 heterocycles. The molecule has 15 heavy (non-hydrogen) atoms. The highest BCUT2D eigenvalue weighted by atomic mass is 16.5. The molecule has 4 nitrogen and oxygen atoms in total. The largest absolute Gasteiger partial charge is 0.465 e. The zero-order chi connectivity index (χ0) is 11.3. The molecule has 0 aliphatic carbocycles. The second kappa shape index (κ2) is 5.47. The van der Waals surface area contributed by atoms with Crippen molar-refractivity contribution >= 4 is 5.97 Å². The molecule has 0 saturated carbocycles. The van der Waals surface area contributed by atoms with E-state index < -0.39 is 5.54 Å². The fourth-order valence-electron chi connectivity index (χ4n) is 1.79. The maximum absolute atomic E-state index is 11.5. The lowest BCUT2D eigenvalue weighted by Gasteiger charge is -2.25. The molecule has 4 heteroatoms. The number of nitrogens with zero attached hydrogens (tertiary/aromatic N) is 1. The van der Waals surface area contributed by atoms with Gasteiger partial charge in [-0.05, 0) is 46.2 Å². The molecule has 0 spiro atoms. The first-order valence-corrected chi connectivity index (χ1v) is 5.74. The Balaban J connectivity index is 2.30. The first-order chi connectivity index (χ1) is 7.06. The third-order valence-corrected chi connectivity index (χ3v) is 2.89. The fraction of sp³-hybridized carbons (Fsp3) is 0.909. The van der Waals surface area contributed by atoms with Crippen LogP contribution < -0.4 is 5.73 Å².